The molecule has 0 spiro atoms. The second kappa shape index (κ2) is 7.75. The van der Waals surface area contributed by atoms with Gasteiger partial charge in [-0.05, 0) is 30.5 Å². The van der Waals surface area contributed by atoms with Crippen LogP contribution in [0.3, 0.4) is 0 Å². The fourth-order valence-electron chi connectivity index (χ4n) is 2.77. The maximum Gasteiger partial charge on any atom is 0.335 e. The average Bonchev–Trinajstić information content (AvgIpc) is 2.56. The van der Waals surface area contributed by atoms with E-state index in [1.807, 2.05) is 6.07 Å². The van der Waals surface area contributed by atoms with Crippen LogP contribution >= 0.6 is 7.60 Å². The minimum Gasteiger partial charge on any atom is -0.427 e. The van der Waals surface area contributed by atoms with E-state index in [0.717, 1.165) is 0 Å². The van der Waals surface area contributed by atoms with Gasteiger partial charge in [-0.15, -0.1) is 0 Å². The summed E-state index contributed by atoms with van der Waals surface area (Å²) in [6.07, 6.45) is 0.159. The van der Waals surface area contributed by atoms with Crippen LogP contribution in [0.15, 0.2) is 60.7 Å². The van der Waals surface area contributed by atoms with E-state index < -0.39 is 18.7 Å². The highest BCUT2D eigenvalue weighted by atomic mass is 31.2. The van der Waals surface area contributed by atoms with Crippen molar-refractivity contribution in [2.24, 2.45) is 0 Å². The van der Waals surface area contributed by atoms with Crippen LogP contribution in [0.4, 0.5) is 0 Å². The highest BCUT2D eigenvalue weighted by Crippen LogP contribution is 2.61. The van der Waals surface area contributed by atoms with Crippen LogP contribution in [0.25, 0.3) is 0 Å². The zero-order valence-electron chi connectivity index (χ0n) is 13.5. The quantitative estimate of drug-likeness (QED) is 0.451. The molecule has 6 heteroatoms. The zero-order valence-corrected chi connectivity index (χ0v) is 14.4. The standard InChI is InChI=1S/C18H21O5P/c1-2-18(24(20,21)22,15-9-5-3-6-10-15)14-13-17(19)23-16-11-7-4-8-12-16/h3-12H,2,13-14H2,1H3,(H2,20,21,22). The number of hydrogen-bond donors (Lipinski definition) is 2. The van der Waals surface area contributed by atoms with Crippen molar-refractivity contribution in [2.45, 2.75) is 31.3 Å². The number of carbonyl (C=O) groups is 1. The lowest BCUT2D eigenvalue weighted by molar-refractivity contribution is -0.134. The Hall–Kier alpha value is -1.94. The number of ether oxygens (including phenoxy) is 1. The van der Waals surface area contributed by atoms with Gasteiger partial charge in [0.15, 0.2) is 0 Å². The van der Waals surface area contributed by atoms with Crippen molar-refractivity contribution in [3.63, 3.8) is 0 Å². The first-order chi connectivity index (χ1) is 11.4. The van der Waals surface area contributed by atoms with Gasteiger partial charge in [0.05, 0.1) is 5.16 Å². The monoisotopic (exact) mass is 348 g/mol. The van der Waals surface area contributed by atoms with Gasteiger partial charge in [0.1, 0.15) is 5.75 Å². The van der Waals surface area contributed by atoms with Gasteiger partial charge in [-0.1, -0.05) is 55.5 Å². The molecule has 2 rings (SSSR count). The number of rotatable bonds is 7. The normalized spacial score (nSPS) is 14.0. The Balaban J connectivity index is 2.18. The topological polar surface area (TPSA) is 83.8 Å². The molecule has 0 bridgehead atoms. The lowest BCUT2D eigenvalue weighted by atomic mass is 9.90. The van der Waals surface area contributed by atoms with Gasteiger partial charge in [-0.2, -0.15) is 0 Å². The molecule has 0 aliphatic heterocycles. The van der Waals surface area contributed by atoms with Crippen LogP contribution in [0.2, 0.25) is 0 Å². The van der Waals surface area contributed by atoms with Crippen molar-refractivity contribution < 1.29 is 23.9 Å². The summed E-state index contributed by atoms with van der Waals surface area (Å²) in [5, 5.41) is -1.38. The molecule has 0 fully saturated rings. The predicted molar refractivity (Wildman–Crippen MR) is 91.8 cm³/mol. The number of esters is 1. The molecule has 24 heavy (non-hydrogen) atoms. The van der Waals surface area contributed by atoms with E-state index >= 15 is 0 Å². The van der Waals surface area contributed by atoms with Crippen LogP contribution in [-0.4, -0.2) is 15.8 Å². The van der Waals surface area contributed by atoms with E-state index in [-0.39, 0.29) is 19.3 Å². The highest BCUT2D eigenvalue weighted by Gasteiger charge is 2.46. The molecule has 0 radical (unpaired) electrons. The Morgan fingerprint density at radius 1 is 1.04 bits per heavy atom. The summed E-state index contributed by atoms with van der Waals surface area (Å²) in [6.45, 7) is 1.72. The Kier molecular flexibility index (Phi) is 5.94. The molecule has 2 N–H and O–H groups in total. The molecule has 5 nitrogen and oxygen atoms in total. The molecule has 0 saturated carbocycles. The molecule has 1 unspecified atom stereocenters. The molecule has 0 aliphatic rings. The smallest absolute Gasteiger partial charge is 0.335 e. The summed E-state index contributed by atoms with van der Waals surface area (Å²) in [5.41, 5.74) is 0.536. The number of carbonyl (C=O) groups excluding carboxylic acids is 1. The summed E-state index contributed by atoms with van der Waals surface area (Å²) in [6, 6.07) is 17.2. The first-order valence-electron chi connectivity index (χ1n) is 7.76. The summed E-state index contributed by atoms with van der Waals surface area (Å²) < 4.78 is 17.4. The molecule has 1 atom stereocenters. The zero-order chi connectivity index (χ0) is 17.6. The van der Waals surface area contributed by atoms with Gasteiger partial charge < -0.3 is 14.5 Å². The molecule has 128 valence electrons. The Morgan fingerprint density at radius 3 is 2.08 bits per heavy atom. The van der Waals surface area contributed by atoms with Crippen LogP contribution in [0.5, 0.6) is 5.75 Å². The van der Waals surface area contributed by atoms with Crippen molar-refractivity contribution >= 4 is 13.6 Å². The first kappa shape index (κ1) is 18.4. The largest absolute Gasteiger partial charge is 0.427 e. The maximum absolute atomic E-state index is 12.2. The molecule has 0 aromatic heterocycles. The third-order valence-electron chi connectivity index (χ3n) is 4.17. The molecule has 0 heterocycles. The highest BCUT2D eigenvalue weighted by molar-refractivity contribution is 7.53. The summed E-state index contributed by atoms with van der Waals surface area (Å²) >= 11 is 0. The summed E-state index contributed by atoms with van der Waals surface area (Å²) in [5.74, 6) is -0.0936. The molecular formula is C18H21O5P. The van der Waals surface area contributed by atoms with E-state index in [4.69, 9.17) is 4.74 Å². The fourth-order valence-corrected chi connectivity index (χ4v) is 4.07. The SMILES string of the molecule is CCC(CCC(=O)Oc1ccccc1)(c1ccccc1)P(=O)(O)O. The fraction of sp³-hybridized carbons (Fsp3) is 0.278. The third kappa shape index (κ3) is 4.12. The maximum atomic E-state index is 12.2. The van der Waals surface area contributed by atoms with E-state index in [2.05, 4.69) is 0 Å². The molecule has 0 aliphatic carbocycles. The summed E-state index contributed by atoms with van der Waals surface area (Å²) in [4.78, 5) is 31.9. The number of benzene rings is 2. The average molecular weight is 348 g/mol. The molecule has 2 aromatic rings. The van der Waals surface area contributed by atoms with Gasteiger partial charge >= 0.3 is 13.6 Å². The van der Waals surface area contributed by atoms with Crippen molar-refractivity contribution in [1.82, 2.24) is 0 Å². The van der Waals surface area contributed by atoms with Gasteiger partial charge in [0.2, 0.25) is 0 Å². The van der Waals surface area contributed by atoms with Crippen LogP contribution in [0, 0.1) is 0 Å². The minimum atomic E-state index is -4.48. The van der Waals surface area contributed by atoms with E-state index in [9.17, 15) is 19.1 Å². The summed E-state index contributed by atoms with van der Waals surface area (Å²) in [7, 11) is -4.48. The van der Waals surface area contributed by atoms with Gasteiger partial charge in [0.25, 0.3) is 0 Å². The van der Waals surface area contributed by atoms with Gasteiger partial charge in [-0.25, -0.2) is 0 Å². The van der Waals surface area contributed by atoms with E-state index in [1.165, 1.54) is 0 Å². The van der Waals surface area contributed by atoms with Crippen LogP contribution < -0.4 is 4.74 Å². The lowest BCUT2D eigenvalue weighted by Gasteiger charge is -2.33. The Morgan fingerprint density at radius 2 is 1.58 bits per heavy atom. The second-order valence-corrected chi connectivity index (χ2v) is 7.53. The second-order valence-electron chi connectivity index (χ2n) is 5.58. The van der Waals surface area contributed by atoms with Crippen molar-refractivity contribution in [2.75, 3.05) is 0 Å². The van der Waals surface area contributed by atoms with Crippen LogP contribution in [-0.2, 0) is 14.5 Å². The first-order valence-corrected chi connectivity index (χ1v) is 9.37. The van der Waals surface area contributed by atoms with E-state index in [1.54, 1.807) is 61.5 Å². The Bertz CT molecular complexity index is 711. The van der Waals surface area contributed by atoms with Crippen LogP contribution in [0.1, 0.15) is 31.7 Å². The van der Waals surface area contributed by atoms with E-state index in [0.29, 0.717) is 11.3 Å². The Labute approximate surface area is 141 Å². The van der Waals surface area contributed by atoms with Gasteiger partial charge in [0, 0.05) is 6.42 Å². The molecule has 0 amide bonds. The third-order valence-corrected chi connectivity index (χ3v) is 6.08. The van der Waals surface area contributed by atoms with Crippen molar-refractivity contribution in [1.29, 1.82) is 0 Å². The van der Waals surface area contributed by atoms with Crippen molar-refractivity contribution in [3.05, 3.63) is 66.2 Å². The molecular weight excluding hydrogens is 327 g/mol. The predicted octanol–water partition coefficient (Wildman–Crippen LogP) is 3.86. The minimum absolute atomic E-state index is 0.0173. The van der Waals surface area contributed by atoms with Gasteiger partial charge in [-0.3, -0.25) is 9.36 Å². The molecule has 0 saturated heterocycles. The van der Waals surface area contributed by atoms with Crippen molar-refractivity contribution in [3.8, 4) is 5.75 Å². The lowest BCUT2D eigenvalue weighted by Crippen LogP contribution is -2.27. The molecule has 2 aromatic carbocycles. The number of para-hydroxylation sites is 1. The number of hydrogen-bond acceptors (Lipinski definition) is 3.